The maximum absolute atomic E-state index is 14.0. The molecule has 188 valence electrons. The number of likely N-dealkylation sites (tertiary alicyclic amines) is 1. The fourth-order valence-electron chi connectivity index (χ4n) is 6.49. The molecule has 1 spiro atoms. The SMILES string of the molecule is COc1cccc2c1CNCC21CNCC1C(=O)N1CCC(c2ccccc2)CC1CC(F)(F)F. The van der Waals surface area contributed by atoms with E-state index in [4.69, 9.17) is 4.74 Å². The van der Waals surface area contributed by atoms with E-state index in [2.05, 4.69) is 10.6 Å². The van der Waals surface area contributed by atoms with Gasteiger partial charge in [-0.2, -0.15) is 13.2 Å². The zero-order chi connectivity index (χ0) is 24.6. The molecule has 2 N–H and O–H groups in total. The molecular formula is C27H32F3N3O2. The Labute approximate surface area is 204 Å². The van der Waals surface area contributed by atoms with Gasteiger partial charge in [-0.05, 0) is 36.0 Å². The van der Waals surface area contributed by atoms with Crippen LogP contribution in [0, 0.1) is 5.92 Å². The van der Waals surface area contributed by atoms with Crippen LogP contribution in [-0.2, 0) is 16.8 Å². The molecule has 5 rings (SSSR count). The molecule has 2 fully saturated rings. The number of fused-ring (bicyclic) bond motifs is 2. The molecule has 4 unspecified atom stereocenters. The van der Waals surface area contributed by atoms with Crippen molar-refractivity contribution in [3.8, 4) is 5.75 Å². The van der Waals surface area contributed by atoms with Crippen molar-refractivity contribution in [2.24, 2.45) is 5.92 Å². The number of hydrogen-bond acceptors (Lipinski definition) is 4. The quantitative estimate of drug-likeness (QED) is 0.685. The van der Waals surface area contributed by atoms with Crippen LogP contribution in [0.2, 0.25) is 0 Å². The minimum Gasteiger partial charge on any atom is -0.496 e. The topological polar surface area (TPSA) is 53.6 Å². The molecule has 2 aromatic rings. The van der Waals surface area contributed by atoms with Crippen LogP contribution in [0.5, 0.6) is 5.75 Å². The van der Waals surface area contributed by atoms with Crippen molar-refractivity contribution < 1.29 is 22.7 Å². The van der Waals surface area contributed by atoms with Gasteiger partial charge in [0.15, 0.2) is 0 Å². The molecule has 3 heterocycles. The lowest BCUT2D eigenvalue weighted by Gasteiger charge is -2.45. The van der Waals surface area contributed by atoms with Gasteiger partial charge in [0.05, 0.1) is 19.4 Å². The highest BCUT2D eigenvalue weighted by Gasteiger charge is 2.53. The molecular weight excluding hydrogens is 455 g/mol. The molecule has 4 atom stereocenters. The number of benzene rings is 2. The molecule has 1 amide bonds. The summed E-state index contributed by atoms with van der Waals surface area (Å²) in [5.41, 5.74) is 2.62. The van der Waals surface area contributed by atoms with Crippen molar-refractivity contribution in [1.82, 2.24) is 15.5 Å². The molecule has 0 saturated carbocycles. The number of nitrogens with one attached hydrogen (secondary N) is 2. The lowest BCUT2D eigenvalue weighted by molar-refractivity contribution is -0.160. The Balaban J connectivity index is 1.45. The van der Waals surface area contributed by atoms with E-state index in [0.717, 1.165) is 22.4 Å². The fourth-order valence-corrected chi connectivity index (χ4v) is 6.49. The van der Waals surface area contributed by atoms with Crippen molar-refractivity contribution in [3.05, 3.63) is 65.2 Å². The van der Waals surface area contributed by atoms with Crippen LogP contribution in [-0.4, -0.2) is 56.3 Å². The van der Waals surface area contributed by atoms with Crippen molar-refractivity contribution >= 4 is 5.91 Å². The Hall–Kier alpha value is -2.58. The number of amides is 1. The summed E-state index contributed by atoms with van der Waals surface area (Å²) in [4.78, 5) is 15.6. The van der Waals surface area contributed by atoms with E-state index in [-0.39, 0.29) is 11.8 Å². The van der Waals surface area contributed by atoms with Crippen LogP contribution in [0.15, 0.2) is 48.5 Å². The third-order valence-electron chi connectivity index (χ3n) is 8.12. The van der Waals surface area contributed by atoms with Gasteiger partial charge in [0, 0.05) is 49.7 Å². The van der Waals surface area contributed by atoms with Gasteiger partial charge in [-0.1, -0.05) is 42.5 Å². The van der Waals surface area contributed by atoms with Gasteiger partial charge in [-0.3, -0.25) is 4.79 Å². The van der Waals surface area contributed by atoms with Gasteiger partial charge in [0.2, 0.25) is 5.91 Å². The molecule has 0 bridgehead atoms. The molecule has 2 saturated heterocycles. The number of methoxy groups -OCH3 is 1. The van der Waals surface area contributed by atoms with Crippen molar-refractivity contribution in [3.63, 3.8) is 0 Å². The van der Waals surface area contributed by atoms with Crippen LogP contribution < -0.4 is 15.4 Å². The Kier molecular flexibility index (Phi) is 6.53. The van der Waals surface area contributed by atoms with Gasteiger partial charge < -0.3 is 20.3 Å². The number of hydrogen-bond donors (Lipinski definition) is 2. The Morgan fingerprint density at radius 1 is 1.11 bits per heavy atom. The highest BCUT2D eigenvalue weighted by molar-refractivity contribution is 5.82. The van der Waals surface area contributed by atoms with Gasteiger partial charge in [-0.15, -0.1) is 0 Å². The van der Waals surface area contributed by atoms with Crippen LogP contribution in [0.3, 0.4) is 0 Å². The van der Waals surface area contributed by atoms with Crippen molar-refractivity contribution in [2.75, 3.05) is 33.3 Å². The summed E-state index contributed by atoms with van der Waals surface area (Å²) in [5, 5.41) is 6.82. The lowest BCUT2D eigenvalue weighted by atomic mass is 9.68. The fraction of sp³-hybridized carbons (Fsp3) is 0.519. The van der Waals surface area contributed by atoms with Crippen molar-refractivity contribution in [2.45, 2.75) is 49.4 Å². The minimum absolute atomic E-state index is 0.0181. The number of halogens is 3. The van der Waals surface area contributed by atoms with Gasteiger partial charge >= 0.3 is 6.18 Å². The third kappa shape index (κ3) is 4.54. The number of carbonyl (C=O) groups is 1. The highest BCUT2D eigenvalue weighted by Crippen LogP contribution is 2.44. The molecule has 0 aromatic heterocycles. The number of carbonyl (C=O) groups excluding carboxylic acids is 1. The normalized spacial score (nSPS) is 28.7. The summed E-state index contributed by atoms with van der Waals surface area (Å²) in [5.74, 6) is 0.175. The highest BCUT2D eigenvalue weighted by atomic mass is 19.4. The second-order valence-electron chi connectivity index (χ2n) is 10.1. The zero-order valence-electron chi connectivity index (χ0n) is 19.9. The summed E-state index contributed by atoms with van der Waals surface area (Å²) in [6, 6.07) is 14.7. The van der Waals surface area contributed by atoms with Gasteiger partial charge in [0.1, 0.15) is 5.75 Å². The zero-order valence-corrected chi connectivity index (χ0v) is 19.9. The molecule has 3 aliphatic rings. The molecule has 2 aromatic carbocycles. The average molecular weight is 488 g/mol. The number of ether oxygens (including phenoxy) is 1. The number of piperidine rings is 1. The molecule has 35 heavy (non-hydrogen) atoms. The van der Waals surface area contributed by atoms with E-state index in [1.54, 1.807) is 12.0 Å². The largest absolute Gasteiger partial charge is 0.496 e. The number of alkyl halides is 3. The van der Waals surface area contributed by atoms with E-state index < -0.39 is 30.0 Å². The number of nitrogens with zero attached hydrogens (tertiary/aromatic N) is 1. The van der Waals surface area contributed by atoms with Crippen LogP contribution in [0.4, 0.5) is 13.2 Å². The Bertz CT molecular complexity index is 1060. The van der Waals surface area contributed by atoms with E-state index in [0.29, 0.717) is 45.6 Å². The summed E-state index contributed by atoms with van der Waals surface area (Å²) in [6.07, 6.45) is -4.32. The maximum atomic E-state index is 14.0. The van der Waals surface area contributed by atoms with Gasteiger partial charge in [0.25, 0.3) is 0 Å². The predicted octanol–water partition coefficient (Wildman–Crippen LogP) is 3.98. The van der Waals surface area contributed by atoms with E-state index >= 15 is 0 Å². The molecule has 0 aliphatic carbocycles. The van der Waals surface area contributed by atoms with Crippen LogP contribution in [0.25, 0.3) is 0 Å². The van der Waals surface area contributed by atoms with Gasteiger partial charge in [-0.25, -0.2) is 0 Å². The summed E-state index contributed by atoms with van der Waals surface area (Å²) < 4.78 is 46.5. The van der Waals surface area contributed by atoms with Crippen LogP contribution >= 0.6 is 0 Å². The first-order valence-corrected chi connectivity index (χ1v) is 12.3. The predicted molar refractivity (Wildman–Crippen MR) is 127 cm³/mol. The van der Waals surface area contributed by atoms with E-state index in [1.165, 1.54) is 0 Å². The Morgan fingerprint density at radius 3 is 2.63 bits per heavy atom. The minimum atomic E-state index is -4.33. The second kappa shape index (κ2) is 9.47. The smallest absolute Gasteiger partial charge is 0.391 e. The standard InChI is InChI=1S/C27H32F3N3O2/c1-35-24-9-5-8-22-21(24)14-31-16-26(22)17-32-15-23(26)25(34)33-11-10-19(18-6-3-2-4-7-18)12-20(33)13-27(28,29)30/h2-9,19-20,23,31-32H,10-17H2,1H3. The van der Waals surface area contributed by atoms with E-state index in [1.807, 2.05) is 48.5 Å². The first kappa shape index (κ1) is 24.1. The van der Waals surface area contributed by atoms with Crippen molar-refractivity contribution in [1.29, 1.82) is 0 Å². The summed E-state index contributed by atoms with van der Waals surface area (Å²) in [6.45, 7) is 2.63. The first-order chi connectivity index (χ1) is 16.8. The monoisotopic (exact) mass is 487 g/mol. The third-order valence-corrected chi connectivity index (χ3v) is 8.12. The molecule has 5 nitrogen and oxygen atoms in total. The lowest BCUT2D eigenvalue weighted by Crippen LogP contribution is -2.56. The van der Waals surface area contributed by atoms with E-state index in [9.17, 15) is 18.0 Å². The molecule has 0 radical (unpaired) electrons. The number of rotatable bonds is 4. The molecule has 8 heteroatoms. The first-order valence-electron chi connectivity index (χ1n) is 12.3. The maximum Gasteiger partial charge on any atom is 0.391 e. The summed E-state index contributed by atoms with van der Waals surface area (Å²) in [7, 11) is 1.63. The Morgan fingerprint density at radius 2 is 1.89 bits per heavy atom. The molecule has 3 aliphatic heterocycles. The summed E-state index contributed by atoms with van der Waals surface area (Å²) >= 11 is 0. The second-order valence-corrected chi connectivity index (χ2v) is 10.1. The van der Waals surface area contributed by atoms with Crippen LogP contribution in [0.1, 0.15) is 41.9 Å². The average Bonchev–Trinajstić information content (AvgIpc) is 3.27.